The van der Waals surface area contributed by atoms with Gasteiger partial charge in [-0.1, -0.05) is 28.1 Å². The first-order valence-electron chi connectivity index (χ1n) is 6.37. The molecule has 1 N–H and O–H groups in total. The molecular weight excluding hydrogens is 348 g/mol. The Balaban J connectivity index is 1.76. The lowest BCUT2D eigenvalue weighted by molar-refractivity contribution is 0.415. The number of aromatic nitrogens is 1. The first-order chi connectivity index (χ1) is 10.2. The fraction of sp³-hybridized carbons (Fsp3) is 0.0625. The molecule has 3 nitrogen and oxygen atoms in total. The van der Waals surface area contributed by atoms with Crippen LogP contribution in [0.25, 0.3) is 11.3 Å². The highest BCUT2D eigenvalue weighted by atomic mass is 79.9. The molecule has 5 heteroatoms. The summed E-state index contributed by atoms with van der Waals surface area (Å²) in [6.07, 6.45) is 0. The maximum Gasteiger partial charge on any atom is 0.187 e. The van der Waals surface area contributed by atoms with Gasteiger partial charge in [-0.05, 0) is 36.4 Å². The molecule has 21 heavy (non-hydrogen) atoms. The predicted octanol–water partition coefficient (Wildman–Crippen LogP) is 5.32. The minimum Gasteiger partial charge on any atom is -0.497 e. The van der Waals surface area contributed by atoms with E-state index < -0.39 is 0 Å². The molecule has 0 saturated heterocycles. The lowest BCUT2D eigenvalue weighted by Crippen LogP contribution is -1.90. The third-order valence-corrected chi connectivity index (χ3v) is 4.27. The molecule has 0 amide bonds. The van der Waals surface area contributed by atoms with E-state index >= 15 is 0 Å². The summed E-state index contributed by atoms with van der Waals surface area (Å²) < 4.78 is 6.21. The van der Waals surface area contributed by atoms with E-state index in [2.05, 4.69) is 43.7 Å². The zero-order chi connectivity index (χ0) is 14.7. The van der Waals surface area contributed by atoms with E-state index in [4.69, 9.17) is 4.74 Å². The molecule has 1 aromatic heterocycles. The third kappa shape index (κ3) is 3.43. The largest absolute Gasteiger partial charge is 0.497 e. The molecule has 3 aromatic rings. The van der Waals surface area contributed by atoms with Crippen molar-refractivity contribution in [2.75, 3.05) is 12.4 Å². The number of halogens is 1. The molecule has 3 rings (SSSR count). The molecule has 2 aromatic carbocycles. The highest BCUT2D eigenvalue weighted by Crippen LogP contribution is 2.28. The minimum atomic E-state index is 0.843. The second kappa shape index (κ2) is 6.28. The average molecular weight is 361 g/mol. The summed E-state index contributed by atoms with van der Waals surface area (Å²) in [4.78, 5) is 4.61. The SMILES string of the molecule is COc1ccc(Nc2nc(-c3ccc(Br)cc3)cs2)cc1. The molecule has 0 aliphatic rings. The van der Waals surface area contributed by atoms with Crippen LogP contribution in [0.1, 0.15) is 0 Å². The number of anilines is 2. The molecule has 0 unspecified atom stereocenters. The normalized spacial score (nSPS) is 10.4. The van der Waals surface area contributed by atoms with Crippen LogP contribution in [0.3, 0.4) is 0 Å². The Kier molecular flexibility index (Phi) is 4.22. The summed E-state index contributed by atoms with van der Waals surface area (Å²) in [5, 5.41) is 6.22. The summed E-state index contributed by atoms with van der Waals surface area (Å²) in [5.74, 6) is 0.843. The fourth-order valence-electron chi connectivity index (χ4n) is 1.88. The van der Waals surface area contributed by atoms with E-state index in [0.717, 1.165) is 32.3 Å². The highest BCUT2D eigenvalue weighted by molar-refractivity contribution is 9.10. The van der Waals surface area contributed by atoms with Gasteiger partial charge in [0.1, 0.15) is 5.75 Å². The number of benzene rings is 2. The number of rotatable bonds is 4. The predicted molar refractivity (Wildman–Crippen MR) is 91.5 cm³/mol. The molecule has 0 aliphatic carbocycles. The van der Waals surface area contributed by atoms with Crippen molar-refractivity contribution in [3.05, 3.63) is 58.4 Å². The summed E-state index contributed by atoms with van der Waals surface area (Å²) >= 11 is 5.03. The molecule has 0 spiro atoms. The molecule has 0 radical (unpaired) electrons. The second-order valence-corrected chi connectivity index (χ2v) is 6.17. The maximum atomic E-state index is 5.15. The molecular formula is C16H13BrN2OS. The molecule has 0 aliphatic heterocycles. The van der Waals surface area contributed by atoms with Crippen molar-refractivity contribution in [2.45, 2.75) is 0 Å². The monoisotopic (exact) mass is 360 g/mol. The van der Waals surface area contributed by atoms with Crippen LogP contribution in [0.2, 0.25) is 0 Å². The van der Waals surface area contributed by atoms with Gasteiger partial charge in [-0.2, -0.15) is 0 Å². The van der Waals surface area contributed by atoms with Crippen molar-refractivity contribution in [1.82, 2.24) is 4.98 Å². The van der Waals surface area contributed by atoms with Crippen molar-refractivity contribution in [1.29, 1.82) is 0 Å². The van der Waals surface area contributed by atoms with E-state index in [1.807, 2.05) is 36.4 Å². The number of ether oxygens (including phenoxy) is 1. The topological polar surface area (TPSA) is 34.1 Å². The lowest BCUT2D eigenvalue weighted by Gasteiger charge is -2.04. The Bertz CT molecular complexity index is 723. The van der Waals surface area contributed by atoms with Gasteiger partial charge in [0, 0.05) is 21.1 Å². The molecule has 0 fully saturated rings. The summed E-state index contributed by atoms with van der Waals surface area (Å²) in [6.45, 7) is 0. The molecule has 0 atom stereocenters. The Hall–Kier alpha value is -1.85. The van der Waals surface area contributed by atoms with Crippen LogP contribution in [0.15, 0.2) is 58.4 Å². The number of hydrogen-bond donors (Lipinski definition) is 1. The average Bonchev–Trinajstić information content (AvgIpc) is 2.97. The van der Waals surface area contributed by atoms with Gasteiger partial charge in [-0.15, -0.1) is 11.3 Å². The van der Waals surface area contributed by atoms with Crippen LogP contribution in [0.4, 0.5) is 10.8 Å². The van der Waals surface area contributed by atoms with Crippen LogP contribution in [0, 0.1) is 0 Å². The Morgan fingerprint density at radius 2 is 1.76 bits per heavy atom. The van der Waals surface area contributed by atoms with Gasteiger partial charge < -0.3 is 10.1 Å². The fourth-order valence-corrected chi connectivity index (χ4v) is 2.89. The quantitative estimate of drug-likeness (QED) is 0.683. The van der Waals surface area contributed by atoms with Crippen molar-refractivity contribution in [3.63, 3.8) is 0 Å². The van der Waals surface area contributed by atoms with E-state index in [-0.39, 0.29) is 0 Å². The second-order valence-electron chi connectivity index (χ2n) is 4.40. The van der Waals surface area contributed by atoms with Crippen LogP contribution < -0.4 is 10.1 Å². The number of nitrogens with one attached hydrogen (secondary N) is 1. The van der Waals surface area contributed by atoms with Crippen molar-refractivity contribution in [2.24, 2.45) is 0 Å². The highest BCUT2D eigenvalue weighted by Gasteiger charge is 2.05. The number of hydrogen-bond acceptors (Lipinski definition) is 4. The van der Waals surface area contributed by atoms with E-state index in [9.17, 15) is 0 Å². The van der Waals surface area contributed by atoms with Crippen LogP contribution in [-0.4, -0.2) is 12.1 Å². The molecule has 106 valence electrons. The number of nitrogens with zero attached hydrogens (tertiary/aromatic N) is 1. The van der Waals surface area contributed by atoms with Gasteiger partial charge in [-0.3, -0.25) is 0 Å². The Morgan fingerprint density at radius 1 is 1.05 bits per heavy atom. The molecule has 1 heterocycles. The lowest BCUT2D eigenvalue weighted by atomic mass is 10.2. The zero-order valence-corrected chi connectivity index (χ0v) is 13.7. The summed E-state index contributed by atoms with van der Waals surface area (Å²) in [5.41, 5.74) is 3.08. The van der Waals surface area contributed by atoms with E-state index in [1.165, 1.54) is 0 Å². The van der Waals surface area contributed by atoms with Crippen molar-refractivity contribution in [3.8, 4) is 17.0 Å². The zero-order valence-electron chi connectivity index (χ0n) is 11.3. The summed E-state index contributed by atoms with van der Waals surface area (Å²) in [7, 11) is 1.66. The van der Waals surface area contributed by atoms with Crippen molar-refractivity contribution >= 4 is 38.1 Å². The van der Waals surface area contributed by atoms with Crippen molar-refractivity contribution < 1.29 is 4.74 Å². The van der Waals surface area contributed by atoms with Crippen LogP contribution >= 0.6 is 27.3 Å². The number of thiazole rings is 1. The van der Waals surface area contributed by atoms with Gasteiger partial charge >= 0.3 is 0 Å². The molecule has 0 saturated carbocycles. The van der Waals surface area contributed by atoms with Crippen LogP contribution in [-0.2, 0) is 0 Å². The Labute approximate surface area is 135 Å². The van der Waals surface area contributed by atoms with E-state index in [1.54, 1.807) is 18.4 Å². The van der Waals surface area contributed by atoms with Gasteiger partial charge in [0.05, 0.1) is 12.8 Å². The first-order valence-corrected chi connectivity index (χ1v) is 8.04. The van der Waals surface area contributed by atoms with Gasteiger partial charge in [0.15, 0.2) is 5.13 Å². The smallest absolute Gasteiger partial charge is 0.187 e. The number of methoxy groups -OCH3 is 1. The van der Waals surface area contributed by atoms with E-state index in [0.29, 0.717) is 0 Å². The standard InChI is InChI=1S/C16H13BrN2OS/c1-20-14-8-6-13(7-9-14)18-16-19-15(10-21-16)11-2-4-12(17)5-3-11/h2-10H,1H3,(H,18,19). The molecule has 0 bridgehead atoms. The Morgan fingerprint density at radius 3 is 2.43 bits per heavy atom. The summed E-state index contributed by atoms with van der Waals surface area (Å²) in [6, 6.07) is 15.9. The van der Waals surface area contributed by atoms with Gasteiger partial charge in [0.25, 0.3) is 0 Å². The minimum absolute atomic E-state index is 0.843. The van der Waals surface area contributed by atoms with Crippen LogP contribution in [0.5, 0.6) is 5.75 Å². The third-order valence-electron chi connectivity index (χ3n) is 2.99. The maximum absolute atomic E-state index is 5.15. The van der Waals surface area contributed by atoms with Gasteiger partial charge in [0.2, 0.25) is 0 Å². The first kappa shape index (κ1) is 14.1. The van der Waals surface area contributed by atoms with Gasteiger partial charge in [-0.25, -0.2) is 4.98 Å².